The largest absolute Gasteiger partial charge is 0.497 e. The Hall–Kier alpha value is -3.08. The maximum absolute atomic E-state index is 13.3. The maximum atomic E-state index is 13.3. The van der Waals surface area contributed by atoms with Crippen molar-refractivity contribution in [3.63, 3.8) is 0 Å². The molecule has 1 unspecified atom stereocenters. The monoisotopic (exact) mass is 373 g/mol. The predicted molar refractivity (Wildman–Crippen MR) is 107 cm³/mol. The van der Waals surface area contributed by atoms with E-state index in [1.165, 1.54) is 12.8 Å². The van der Waals surface area contributed by atoms with Gasteiger partial charge in [0.1, 0.15) is 11.4 Å². The van der Waals surface area contributed by atoms with Crippen molar-refractivity contribution in [1.29, 1.82) is 0 Å². The van der Waals surface area contributed by atoms with Crippen LogP contribution in [0.2, 0.25) is 0 Å². The van der Waals surface area contributed by atoms with Gasteiger partial charge in [-0.1, -0.05) is 43.2 Å². The molecule has 1 aromatic heterocycles. The average Bonchev–Trinajstić information content (AvgIpc) is 3.46. The second kappa shape index (κ2) is 6.82. The van der Waals surface area contributed by atoms with Crippen LogP contribution < -0.4 is 4.74 Å². The molecule has 1 fully saturated rings. The van der Waals surface area contributed by atoms with Crippen molar-refractivity contribution in [2.45, 2.75) is 37.8 Å². The lowest BCUT2D eigenvalue weighted by Gasteiger charge is -2.31. The van der Waals surface area contributed by atoms with Crippen LogP contribution in [0.3, 0.4) is 0 Å². The van der Waals surface area contributed by atoms with Gasteiger partial charge < -0.3 is 9.64 Å². The summed E-state index contributed by atoms with van der Waals surface area (Å²) in [6.07, 6.45) is 4.52. The number of aromatic nitrogens is 2. The topological polar surface area (TPSA) is 58.2 Å². The summed E-state index contributed by atoms with van der Waals surface area (Å²) < 4.78 is 5.28. The van der Waals surface area contributed by atoms with Crippen LogP contribution in [-0.2, 0) is 0 Å². The SMILES string of the molecule is COc1ccc(-c2n[nH]c3c2C(c2ccccc2)N(C2CCCC2)C3=O)cc1. The van der Waals surface area contributed by atoms with Crippen LogP contribution >= 0.6 is 0 Å². The highest BCUT2D eigenvalue weighted by atomic mass is 16.5. The molecule has 3 aromatic rings. The zero-order chi connectivity index (χ0) is 19.1. The second-order valence-electron chi connectivity index (χ2n) is 7.55. The Morgan fingerprint density at radius 3 is 2.43 bits per heavy atom. The highest BCUT2D eigenvalue weighted by Gasteiger charge is 2.45. The van der Waals surface area contributed by atoms with E-state index in [9.17, 15) is 4.79 Å². The van der Waals surface area contributed by atoms with Crippen LogP contribution in [0.4, 0.5) is 0 Å². The molecule has 5 nitrogen and oxygen atoms in total. The quantitative estimate of drug-likeness (QED) is 0.729. The molecular formula is C23H23N3O2. The van der Waals surface area contributed by atoms with Crippen molar-refractivity contribution in [3.05, 3.63) is 71.4 Å². The molecule has 5 rings (SSSR count). The number of amides is 1. The summed E-state index contributed by atoms with van der Waals surface area (Å²) in [6.45, 7) is 0. The second-order valence-corrected chi connectivity index (χ2v) is 7.55. The predicted octanol–water partition coefficient (Wildman–Crippen LogP) is 4.57. The van der Waals surface area contributed by atoms with Crippen molar-refractivity contribution >= 4 is 5.91 Å². The number of rotatable bonds is 4. The van der Waals surface area contributed by atoms with Crippen molar-refractivity contribution in [1.82, 2.24) is 15.1 Å². The van der Waals surface area contributed by atoms with Gasteiger partial charge in [-0.05, 0) is 42.7 Å². The Morgan fingerprint density at radius 2 is 1.75 bits per heavy atom. The summed E-state index contributed by atoms with van der Waals surface area (Å²) in [6, 6.07) is 18.4. The van der Waals surface area contributed by atoms with Gasteiger partial charge in [0.25, 0.3) is 5.91 Å². The van der Waals surface area contributed by atoms with Gasteiger partial charge in [0.05, 0.1) is 18.8 Å². The number of ether oxygens (including phenoxy) is 1. The van der Waals surface area contributed by atoms with Crippen LogP contribution in [0.15, 0.2) is 54.6 Å². The minimum Gasteiger partial charge on any atom is -0.497 e. The number of hydrogen-bond donors (Lipinski definition) is 1. The summed E-state index contributed by atoms with van der Waals surface area (Å²) in [5.74, 6) is 0.877. The number of nitrogens with zero attached hydrogens (tertiary/aromatic N) is 2. The molecule has 5 heteroatoms. The molecule has 0 spiro atoms. The van der Waals surface area contributed by atoms with E-state index in [0.29, 0.717) is 11.7 Å². The number of carbonyl (C=O) groups excluding carboxylic acids is 1. The fourth-order valence-electron chi connectivity index (χ4n) is 4.66. The first kappa shape index (κ1) is 17.0. The average molecular weight is 373 g/mol. The zero-order valence-corrected chi connectivity index (χ0v) is 15.9. The van der Waals surface area contributed by atoms with Crippen molar-refractivity contribution < 1.29 is 9.53 Å². The molecular weight excluding hydrogens is 350 g/mol. The first-order valence-electron chi connectivity index (χ1n) is 9.88. The molecule has 2 aromatic carbocycles. The number of carbonyl (C=O) groups is 1. The minimum atomic E-state index is -0.0948. The molecule has 1 N–H and O–H groups in total. The minimum absolute atomic E-state index is 0.0722. The molecule has 28 heavy (non-hydrogen) atoms. The van der Waals surface area contributed by atoms with Gasteiger partial charge in [0, 0.05) is 17.2 Å². The molecule has 0 radical (unpaired) electrons. The van der Waals surface area contributed by atoms with Crippen LogP contribution in [0.1, 0.15) is 53.3 Å². The fourth-order valence-corrected chi connectivity index (χ4v) is 4.66. The smallest absolute Gasteiger partial charge is 0.273 e. The Kier molecular flexibility index (Phi) is 4.15. The maximum Gasteiger partial charge on any atom is 0.273 e. The van der Waals surface area contributed by atoms with Crippen molar-refractivity contribution in [2.75, 3.05) is 7.11 Å². The fraction of sp³-hybridized carbons (Fsp3) is 0.304. The lowest BCUT2D eigenvalue weighted by atomic mass is 9.95. The first-order valence-corrected chi connectivity index (χ1v) is 9.88. The molecule has 0 bridgehead atoms. The number of benzene rings is 2. The molecule has 1 aliphatic carbocycles. The van der Waals surface area contributed by atoms with E-state index in [-0.39, 0.29) is 11.9 Å². The Balaban J connectivity index is 1.65. The van der Waals surface area contributed by atoms with Gasteiger partial charge in [0.15, 0.2) is 0 Å². The summed E-state index contributed by atoms with van der Waals surface area (Å²) >= 11 is 0. The highest BCUT2D eigenvalue weighted by molar-refractivity contribution is 6.00. The van der Waals surface area contributed by atoms with Crippen LogP contribution in [-0.4, -0.2) is 34.2 Å². The zero-order valence-electron chi connectivity index (χ0n) is 15.9. The number of H-pyrrole nitrogens is 1. The highest BCUT2D eigenvalue weighted by Crippen LogP contribution is 2.46. The van der Waals surface area contributed by atoms with E-state index in [4.69, 9.17) is 4.74 Å². The van der Waals surface area contributed by atoms with Crippen molar-refractivity contribution in [2.24, 2.45) is 0 Å². The van der Waals surface area contributed by atoms with Crippen LogP contribution in [0.25, 0.3) is 11.3 Å². The molecule has 1 saturated carbocycles. The van der Waals surface area contributed by atoms with E-state index >= 15 is 0 Å². The number of fused-ring (bicyclic) bond motifs is 1. The van der Waals surface area contributed by atoms with Crippen LogP contribution in [0.5, 0.6) is 5.75 Å². The van der Waals surface area contributed by atoms with Gasteiger partial charge in [-0.25, -0.2) is 0 Å². The van der Waals surface area contributed by atoms with Gasteiger partial charge >= 0.3 is 0 Å². The molecule has 142 valence electrons. The molecule has 0 saturated heterocycles. The van der Waals surface area contributed by atoms with E-state index in [1.54, 1.807) is 7.11 Å². The number of nitrogens with one attached hydrogen (secondary N) is 1. The third-order valence-electron chi connectivity index (χ3n) is 6.00. The third kappa shape index (κ3) is 2.61. The number of hydrogen-bond acceptors (Lipinski definition) is 3. The summed E-state index contributed by atoms with van der Waals surface area (Å²) in [7, 11) is 1.66. The normalized spacial score (nSPS) is 19.2. The number of methoxy groups -OCH3 is 1. The molecule has 1 atom stereocenters. The van der Waals surface area contributed by atoms with E-state index in [2.05, 4.69) is 27.2 Å². The standard InChI is InChI=1S/C23H23N3O2/c1-28-18-13-11-15(12-14-18)20-19-21(25-24-20)23(27)26(17-9-5-6-10-17)22(19)16-7-3-2-4-8-16/h2-4,7-8,11-14,17,22H,5-6,9-10H2,1H3,(H,24,25). The third-order valence-corrected chi connectivity index (χ3v) is 6.00. The van der Waals surface area contributed by atoms with Gasteiger partial charge in [-0.15, -0.1) is 0 Å². The summed E-state index contributed by atoms with van der Waals surface area (Å²) in [5.41, 5.74) is 4.60. The Labute approximate surface area is 164 Å². The van der Waals surface area contributed by atoms with Crippen molar-refractivity contribution in [3.8, 4) is 17.0 Å². The molecule has 1 aliphatic heterocycles. The first-order chi connectivity index (χ1) is 13.8. The van der Waals surface area contributed by atoms with E-state index in [0.717, 1.165) is 41.0 Å². The summed E-state index contributed by atoms with van der Waals surface area (Å²) in [5, 5.41) is 7.58. The Morgan fingerprint density at radius 1 is 1.04 bits per heavy atom. The lowest BCUT2D eigenvalue weighted by Crippen LogP contribution is -2.37. The molecule has 2 aliphatic rings. The van der Waals surface area contributed by atoms with E-state index in [1.807, 2.05) is 42.5 Å². The molecule has 1 amide bonds. The van der Waals surface area contributed by atoms with Gasteiger partial charge in [-0.2, -0.15) is 5.10 Å². The molecule has 2 heterocycles. The van der Waals surface area contributed by atoms with Gasteiger partial charge in [-0.3, -0.25) is 9.89 Å². The Bertz CT molecular complexity index is 988. The van der Waals surface area contributed by atoms with Crippen LogP contribution in [0, 0.1) is 0 Å². The van der Waals surface area contributed by atoms with E-state index < -0.39 is 0 Å². The van der Waals surface area contributed by atoms with Gasteiger partial charge in [0.2, 0.25) is 0 Å². The lowest BCUT2D eigenvalue weighted by molar-refractivity contribution is 0.0660. The number of aromatic amines is 1. The summed E-state index contributed by atoms with van der Waals surface area (Å²) in [4.78, 5) is 15.4.